The van der Waals surface area contributed by atoms with E-state index < -0.39 is 42.7 Å². The second-order valence-corrected chi connectivity index (χ2v) is 10.5. The Morgan fingerprint density at radius 2 is 1.83 bits per heavy atom. The van der Waals surface area contributed by atoms with Crippen LogP contribution in [0, 0.1) is 5.92 Å². The van der Waals surface area contributed by atoms with E-state index in [1.165, 1.54) is 41.3 Å². The summed E-state index contributed by atoms with van der Waals surface area (Å²) in [4.78, 5) is 26.6. The lowest BCUT2D eigenvalue weighted by molar-refractivity contribution is -0.205. The average molecular weight is 599 g/mol. The van der Waals surface area contributed by atoms with Crippen molar-refractivity contribution < 1.29 is 37.0 Å². The topological polar surface area (TPSA) is 78.9 Å². The summed E-state index contributed by atoms with van der Waals surface area (Å²) in [5.41, 5.74) is -3.05. The van der Waals surface area contributed by atoms with Gasteiger partial charge in [0.05, 0.1) is 23.7 Å². The number of carbonyl (C=O) groups is 2. The summed E-state index contributed by atoms with van der Waals surface area (Å²) in [6.45, 7) is 3.53. The third-order valence-corrected chi connectivity index (χ3v) is 7.52. The Bertz CT molecular complexity index is 1180. The number of unbranched alkanes of at least 4 members (excludes halogenated alkanes) is 1. The Morgan fingerprint density at radius 3 is 2.44 bits per heavy atom. The lowest BCUT2D eigenvalue weighted by atomic mass is 9.83. The van der Waals surface area contributed by atoms with Crippen LogP contribution in [0.1, 0.15) is 54.4 Å². The van der Waals surface area contributed by atoms with Gasteiger partial charge in [0.1, 0.15) is 5.75 Å². The van der Waals surface area contributed by atoms with Crippen LogP contribution in [0.15, 0.2) is 61.2 Å². The van der Waals surface area contributed by atoms with Crippen molar-refractivity contribution in [2.75, 3.05) is 26.2 Å². The minimum Gasteiger partial charge on any atom is -0.494 e. The number of hydrogen-bond donors (Lipinski definition) is 2. The van der Waals surface area contributed by atoms with E-state index in [1.807, 2.05) is 0 Å². The van der Waals surface area contributed by atoms with Gasteiger partial charge in [0, 0.05) is 19.5 Å². The van der Waals surface area contributed by atoms with E-state index in [0.717, 1.165) is 25.3 Å². The predicted octanol–water partition coefficient (Wildman–Crippen LogP) is 6.22. The molecule has 224 valence electrons. The lowest BCUT2D eigenvalue weighted by Gasteiger charge is -2.41. The molecule has 2 N–H and O–H groups in total. The van der Waals surface area contributed by atoms with Crippen molar-refractivity contribution in [3.8, 4) is 5.75 Å². The van der Waals surface area contributed by atoms with E-state index in [9.17, 15) is 23.5 Å². The third kappa shape index (κ3) is 8.23. The van der Waals surface area contributed by atoms with Crippen molar-refractivity contribution in [2.45, 2.75) is 56.5 Å². The van der Waals surface area contributed by atoms with Crippen LogP contribution in [0.5, 0.6) is 5.75 Å². The predicted molar refractivity (Wildman–Crippen MR) is 149 cm³/mol. The van der Waals surface area contributed by atoms with Crippen molar-refractivity contribution in [2.24, 2.45) is 5.92 Å². The normalized spacial score (nSPS) is 15.8. The van der Waals surface area contributed by atoms with Gasteiger partial charge < -0.3 is 20.1 Å². The molecular weight excluding hydrogens is 564 g/mol. The van der Waals surface area contributed by atoms with Gasteiger partial charge in [-0.3, -0.25) is 9.59 Å². The molecule has 41 heavy (non-hydrogen) atoms. The fourth-order valence-electron chi connectivity index (χ4n) is 4.91. The first kappa shape index (κ1) is 32.4. The molecule has 3 rings (SSSR count). The summed E-state index contributed by atoms with van der Waals surface area (Å²) in [7, 11) is 0. The molecular formula is C30H35ClF4N2O4. The number of amides is 2. The molecule has 1 heterocycles. The maximum Gasteiger partial charge on any atom is 0.292 e. The van der Waals surface area contributed by atoms with E-state index in [2.05, 4.69) is 11.9 Å². The number of aliphatic hydroxyl groups is 1. The zero-order chi connectivity index (χ0) is 30.0. The van der Waals surface area contributed by atoms with Crippen molar-refractivity contribution in [3.63, 3.8) is 0 Å². The van der Waals surface area contributed by atoms with Crippen LogP contribution in [0.3, 0.4) is 0 Å². The minimum absolute atomic E-state index is 0.0797. The highest BCUT2D eigenvalue weighted by molar-refractivity contribution is 6.34. The Balaban J connectivity index is 1.45. The fraction of sp³-hybridized carbons (Fsp3) is 0.467. The first-order chi connectivity index (χ1) is 19.5. The number of nitrogens with zero attached hydrogens (tertiary/aromatic N) is 1. The standard InChI is InChI=1S/C30H35ClF4N2O4/c1-2-15-29(34,35)30(40,22-9-4-3-5-10-22)28(39)37-16-13-21(14-17-37)8-6-7-18-41-23-11-12-24(25(31)19-23)27(38)36-20-26(32)33/h2-5,9-12,19,21,26,40H,1,6-8,13-18,20H2,(H,36,38). The van der Waals surface area contributed by atoms with E-state index in [0.29, 0.717) is 31.1 Å². The van der Waals surface area contributed by atoms with Gasteiger partial charge in [0.15, 0.2) is 0 Å². The molecule has 0 aromatic heterocycles. The van der Waals surface area contributed by atoms with Gasteiger partial charge in [-0.15, -0.1) is 6.58 Å². The van der Waals surface area contributed by atoms with Crippen molar-refractivity contribution >= 4 is 23.4 Å². The molecule has 1 saturated heterocycles. The number of nitrogens with one attached hydrogen (secondary N) is 1. The number of hydrogen-bond acceptors (Lipinski definition) is 4. The highest BCUT2D eigenvalue weighted by atomic mass is 35.5. The van der Waals surface area contributed by atoms with Crippen molar-refractivity contribution in [1.82, 2.24) is 10.2 Å². The molecule has 0 spiro atoms. The number of benzene rings is 2. The minimum atomic E-state index is -3.73. The van der Waals surface area contributed by atoms with Crippen molar-refractivity contribution in [1.29, 1.82) is 0 Å². The Kier molecular flexibility index (Phi) is 11.6. The summed E-state index contributed by atoms with van der Waals surface area (Å²) >= 11 is 6.10. The molecule has 11 heteroatoms. The highest BCUT2D eigenvalue weighted by Gasteiger charge is 2.59. The summed E-state index contributed by atoms with van der Waals surface area (Å²) in [6.07, 6.45) is 1.21. The zero-order valence-electron chi connectivity index (χ0n) is 22.6. The molecule has 2 aromatic rings. The van der Waals surface area contributed by atoms with Crippen LogP contribution in [0.25, 0.3) is 0 Å². The molecule has 1 atom stereocenters. The monoisotopic (exact) mass is 598 g/mol. The molecule has 1 aliphatic heterocycles. The molecule has 2 aromatic carbocycles. The fourth-order valence-corrected chi connectivity index (χ4v) is 5.17. The molecule has 0 saturated carbocycles. The maximum atomic E-state index is 15.1. The smallest absolute Gasteiger partial charge is 0.292 e. The molecule has 6 nitrogen and oxygen atoms in total. The van der Waals surface area contributed by atoms with Gasteiger partial charge in [-0.1, -0.05) is 54.4 Å². The average Bonchev–Trinajstić information content (AvgIpc) is 2.95. The Hall–Kier alpha value is -3.11. The third-order valence-electron chi connectivity index (χ3n) is 7.21. The van der Waals surface area contributed by atoms with Crippen LogP contribution >= 0.6 is 11.6 Å². The van der Waals surface area contributed by atoms with Gasteiger partial charge in [0.25, 0.3) is 24.2 Å². The molecule has 1 fully saturated rings. The number of alkyl halides is 4. The summed E-state index contributed by atoms with van der Waals surface area (Å²) in [6, 6.07) is 11.7. The Morgan fingerprint density at radius 1 is 1.15 bits per heavy atom. The van der Waals surface area contributed by atoms with Gasteiger partial charge in [-0.05, 0) is 55.4 Å². The highest BCUT2D eigenvalue weighted by Crippen LogP contribution is 2.42. The van der Waals surface area contributed by atoms with Crippen LogP contribution in [-0.2, 0) is 10.4 Å². The molecule has 0 aliphatic carbocycles. The summed E-state index contributed by atoms with van der Waals surface area (Å²) in [5, 5.41) is 13.4. The first-order valence-electron chi connectivity index (χ1n) is 13.5. The largest absolute Gasteiger partial charge is 0.494 e. The summed E-state index contributed by atoms with van der Waals surface area (Å²) in [5.74, 6) is -4.66. The van der Waals surface area contributed by atoms with Crippen LogP contribution in [0.2, 0.25) is 5.02 Å². The SMILES string of the molecule is C=CCC(F)(F)C(O)(C(=O)N1CCC(CCCCOc2ccc(C(=O)NCC(F)F)c(Cl)c2)CC1)c1ccccc1. The first-order valence-corrected chi connectivity index (χ1v) is 13.9. The number of allylic oxidation sites excluding steroid dienone is 1. The number of piperidine rings is 1. The summed E-state index contributed by atoms with van der Waals surface area (Å²) < 4.78 is 60.5. The quantitative estimate of drug-likeness (QED) is 0.154. The lowest BCUT2D eigenvalue weighted by Crippen LogP contribution is -2.58. The molecule has 1 unspecified atom stereocenters. The van der Waals surface area contributed by atoms with Gasteiger partial charge in [0.2, 0.25) is 5.60 Å². The van der Waals surface area contributed by atoms with Gasteiger partial charge in [-0.2, -0.15) is 0 Å². The van der Waals surface area contributed by atoms with Crippen LogP contribution in [0.4, 0.5) is 17.6 Å². The Labute approximate surface area is 242 Å². The number of rotatable bonds is 14. The number of halogens is 5. The van der Waals surface area contributed by atoms with E-state index in [4.69, 9.17) is 16.3 Å². The van der Waals surface area contributed by atoms with Crippen molar-refractivity contribution in [3.05, 3.63) is 77.3 Å². The van der Waals surface area contributed by atoms with E-state index in [-0.39, 0.29) is 29.2 Å². The van der Waals surface area contributed by atoms with E-state index >= 15 is 8.78 Å². The number of likely N-dealkylation sites (tertiary alicyclic amines) is 1. The molecule has 2 amide bonds. The van der Waals surface area contributed by atoms with Gasteiger partial charge >= 0.3 is 0 Å². The second kappa shape index (κ2) is 14.7. The molecule has 1 aliphatic rings. The van der Waals surface area contributed by atoms with Gasteiger partial charge in [-0.25, -0.2) is 17.6 Å². The van der Waals surface area contributed by atoms with Crippen LogP contribution < -0.4 is 10.1 Å². The number of ether oxygens (including phenoxy) is 1. The molecule has 0 bridgehead atoms. The zero-order valence-corrected chi connectivity index (χ0v) is 23.4. The molecule has 0 radical (unpaired) electrons. The number of carbonyl (C=O) groups excluding carboxylic acids is 2. The maximum absolute atomic E-state index is 15.1. The second-order valence-electron chi connectivity index (χ2n) is 10.1. The van der Waals surface area contributed by atoms with E-state index in [1.54, 1.807) is 12.1 Å². The van der Waals surface area contributed by atoms with Crippen LogP contribution in [-0.4, -0.2) is 60.4 Å².